The van der Waals surface area contributed by atoms with E-state index in [4.69, 9.17) is 4.74 Å². The number of amides is 1. The molecule has 1 heterocycles. The first kappa shape index (κ1) is 10.5. The van der Waals surface area contributed by atoms with Crippen molar-refractivity contribution >= 4 is 5.91 Å². The Bertz CT molecular complexity index is 186. The summed E-state index contributed by atoms with van der Waals surface area (Å²) in [5.41, 5.74) is 2.11. The number of rotatable bonds is 3. The van der Waals surface area contributed by atoms with Gasteiger partial charge in [0.1, 0.15) is 5.60 Å². The molecular weight excluding hydrogens is 168 g/mol. The van der Waals surface area contributed by atoms with Crippen LogP contribution in [0.2, 0.25) is 0 Å². The molecule has 1 rings (SSSR count). The number of hydrogen-bond donors (Lipinski definition) is 1. The number of carbonyl (C=O) groups excluding carboxylic acids is 1. The van der Waals surface area contributed by atoms with E-state index in [1.54, 1.807) is 21.0 Å². The predicted molar refractivity (Wildman–Crippen MR) is 50.0 cm³/mol. The highest BCUT2D eigenvalue weighted by Gasteiger charge is 2.28. The van der Waals surface area contributed by atoms with Gasteiger partial charge in [0.25, 0.3) is 5.91 Å². The third kappa shape index (κ3) is 2.67. The van der Waals surface area contributed by atoms with Crippen LogP contribution in [0, 0.1) is 0 Å². The van der Waals surface area contributed by atoms with Crippen LogP contribution in [0.25, 0.3) is 0 Å². The maximum absolute atomic E-state index is 11.6. The molecular formula is C9H18N2O2. The molecule has 0 bridgehead atoms. The van der Waals surface area contributed by atoms with Crippen LogP contribution >= 0.6 is 0 Å². The van der Waals surface area contributed by atoms with Crippen molar-refractivity contribution in [3.63, 3.8) is 0 Å². The van der Waals surface area contributed by atoms with Crippen LogP contribution in [-0.4, -0.2) is 36.7 Å². The smallest absolute Gasteiger partial charge is 0.265 e. The molecule has 0 radical (unpaired) electrons. The fourth-order valence-electron chi connectivity index (χ4n) is 1.20. The highest BCUT2D eigenvalue weighted by Crippen LogP contribution is 2.09. The lowest BCUT2D eigenvalue weighted by Crippen LogP contribution is -2.50. The summed E-state index contributed by atoms with van der Waals surface area (Å²) in [6, 6.07) is 0. The molecule has 1 fully saturated rings. The summed E-state index contributed by atoms with van der Waals surface area (Å²) < 4.78 is 5.07. The third-order valence-electron chi connectivity index (χ3n) is 2.42. The summed E-state index contributed by atoms with van der Waals surface area (Å²) in [6.45, 7) is 5.42. The van der Waals surface area contributed by atoms with Crippen molar-refractivity contribution in [1.29, 1.82) is 0 Å². The molecule has 1 aliphatic rings. The van der Waals surface area contributed by atoms with Gasteiger partial charge in [-0.1, -0.05) is 0 Å². The summed E-state index contributed by atoms with van der Waals surface area (Å²) in [4.78, 5) is 11.6. The van der Waals surface area contributed by atoms with Crippen LogP contribution in [0.3, 0.4) is 0 Å². The number of carbonyl (C=O) groups is 1. The predicted octanol–water partition coefficient (Wildman–Crippen LogP) is 0.538. The summed E-state index contributed by atoms with van der Waals surface area (Å²) in [6.07, 6.45) is 2.32. The minimum absolute atomic E-state index is 0.0723. The van der Waals surface area contributed by atoms with Crippen molar-refractivity contribution in [2.75, 3.05) is 20.2 Å². The van der Waals surface area contributed by atoms with Gasteiger partial charge in [0, 0.05) is 20.2 Å². The number of ether oxygens (including phenoxy) is 1. The average Bonchev–Trinajstić information content (AvgIpc) is 2.57. The van der Waals surface area contributed by atoms with Crippen molar-refractivity contribution < 1.29 is 9.53 Å². The lowest BCUT2D eigenvalue weighted by molar-refractivity contribution is -0.144. The lowest BCUT2D eigenvalue weighted by Gasteiger charge is -2.25. The van der Waals surface area contributed by atoms with Crippen LogP contribution in [0.1, 0.15) is 26.7 Å². The first-order valence-electron chi connectivity index (χ1n) is 4.67. The maximum atomic E-state index is 11.6. The van der Waals surface area contributed by atoms with Crippen LogP contribution in [-0.2, 0) is 9.53 Å². The quantitative estimate of drug-likeness (QED) is 0.699. The number of hydrazine groups is 1. The molecule has 0 aromatic carbocycles. The van der Waals surface area contributed by atoms with E-state index in [-0.39, 0.29) is 5.91 Å². The van der Waals surface area contributed by atoms with Gasteiger partial charge in [-0.2, -0.15) is 0 Å². The van der Waals surface area contributed by atoms with E-state index in [1.165, 1.54) is 0 Å². The summed E-state index contributed by atoms with van der Waals surface area (Å²) in [5.74, 6) is -0.0723. The Hall–Kier alpha value is -0.610. The van der Waals surface area contributed by atoms with Gasteiger partial charge in [-0.3, -0.25) is 10.2 Å². The zero-order chi connectivity index (χ0) is 9.90. The fourth-order valence-corrected chi connectivity index (χ4v) is 1.20. The van der Waals surface area contributed by atoms with Crippen LogP contribution in [0.4, 0.5) is 0 Å². The Labute approximate surface area is 79.2 Å². The number of nitrogens with zero attached hydrogens (tertiary/aromatic N) is 1. The van der Waals surface area contributed by atoms with Crippen molar-refractivity contribution in [1.82, 2.24) is 10.4 Å². The maximum Gasteiger partial charge on any atom is 0.265 e. The highest BCUT2D eigenvalue weighted by molar-refractivity contribution is 5.83. The van der Waals surface area contributed by atoms with E-state index in [0.29, 0.717) is 0 Å². The largest absolute Gasteiger partial charge is 0.369 e. The molecule has 0 unspecified atom stereocenters. The van der Waals surface area contributed by atoms with Gasteiger partial charge in [-0.05, 0) is 26.7 Å². The highest BCUT2D eigenvalue weighted by atomic mass is 16.5. The van der Waals surface area contributed by atoms with Gasteiger partial charge in [0.2, 0.25) is 0 Å². The number of methoxy groups -OCH3 is 1. The molecule has 0 atom stereocenters. The Morgan fingerprint density at radius 1 is 1.38 bits per heavy atom. The van der Waals surface area contributed by atoms with Crippen LogP contribution in [0.15, 0.2) is 0 Å². The van der Waals surface area contributed by atoms with Crippen LogP contribution in [0.5, 0.6) is 0 Å². The standard InChI is InChI=1S/C9H18N2O2/c1-9(2,13-3)8(12)10-11-6-4-5-7-11/h4-7H2,1-3H3,(H,10,12). The fraction of sp³-hybridized carbons (Fsp3) is 0.889. The lowest BCUT2D eigenvalue weighted by atomic mass is 10.1. The van der Waals surface area contributed by atoms with E-state index in [9.17, 15) is 4.79 Å². The number of nitrogens with one attached hydrogen (secondary N) is 1. The summed E-state index contributed by atoms with van der Waals surface area (Å²) >= 11 is 0. The van der Waals surface area contributed by atoms with Gasteiger partial charge in [-0.15, -0.1) is 0 Å². The molecule has 0 spiro atoms. The first-order valence-corrected chi connectivity index (χ1v) is 4.67. The Kier molecular flexibility index (Phi) is 3.27. The molecule has 1 amide bonds. The second-order valence-electron chi connectivity index (χ2n) is 3.85. The van der Waals surface area contributed by atoms with E-state index in [0.717, 1.165) is 25.9 Å². The first-order chi connectivity index (χ1) is 6.06. The second kappa shape index (κ2) is 4.07. The monoisotopic (exact) mass is 186 g/mol. The van der Waals surface area contributed by atoms with Crippen molar-refractivity contribution in [2.24, 2.45) is 0 Å². The zero-order valence-corrected chi connectivity index (χ0v) is 8.59. The van der Waals surface area contributed by atoms with Gasteiger partial charge in [0.05, 0.1) is 0 Å². The molecule has 1 aliphatic heterocycles. The molecule has 76 valence electrons. The van der Waals surface area contributed by atoms with Gasteiger partial charge < -0.3 is 4.74 Å². The molecule has 0 aromatic heterocycles. The van der Waals surface area contributed by atoms with E-state index in [2.05, 4.69) is 5.43 Å². The minimum atomic E-state index is -0.734. The number of hydrogen-bond acceptors (Lipinski definition) is 3. The second-order valence-corrected chi connectivity index (χ2v) is 3.85. The average molecular weight is 186 g/mol. The molecule has 13 heavy (non-hydrogen) atoms. The normalized spacial score (nSPS) is 19.0. The molecule has 0 aromatic rings. The Morgan fingerprint density at radius 3 is 2.38 bits per heavy atom. The minimum Gasteiger partial charge on any atom is -0.369 e. The third-order valence-corrected chi connectivity index (χ3v) is 2.42. The summed E-state index contributed by atoms with van der Waals surface area (Å²) in [7, 11) is 1.55. The van der Waals surface area contributed by atoms with E-state index >= 15 is 0 Å². The molecule has 0 aliphatic carbocycles. The van der Waals surface area contributed by atoms with Crippen molar-refractivity contribution in [3.05, 3.63) is 0 Å². The van der Waals surface area contributed by atoms with Gasteiger partial charge >= 0.3 is 0 Å². The van der Waals surface area contributed by atoms with Crippen molar-refractivity contribution in [3.8, 4) is 0 Å². The SMILES string of the molecule is COC(C)(C)C(=O)NN1CCCC1. The van der Waals surface area contributed by atoms with E-state index in [1.807, 2.05) is 5.01 Å². The van der Waals surface area contributed by atoms with Crippen molar-refractivity contribution in [2.45, 2.75) is 32.3 Å². The summed E-state index contributed by atoms with van der Waals surface area (Å²) in [5, 5.41) is 1.95. The molecule has 4 heteroatoms. The van der Waals surface area contributed by atoms with Crippen LogP contribution < -0.4 is 5.43 Å². The Balaban J connectivity index is 2.39. The Morgan fingerprint density at radius 2 is 1.92 bits per heavy atom. The molecule has 1 saturated heterocycles. The topological polar surface area (TPSA) is 41.6 Å². The molecule has 4 nitrogen and oxygen atoms in total. The molecule has 0 saturated carbocycles. The molecule has 1 N–H and O–H groups in total. The van der Waals surface area contributed by atoms with Gasteiger partial charge in [-0.25, -0.2) is 5.01 Å². The van der Waals surface area contributed by atoms with E-state index < -0.39 is 5.60 Å². The zero-order valence-electron chi connectivity index (χ0n) is 8.59. The van der Waals surface area contributed by atoms with Gasteiger partial charge in [0.15, 0.2) is 0 Å².